The lowest BCUT2D eigenvalue weighted by Crippen LogP contribution is -2.15. The van der Waals surface area contributed by atoms with Gasteiger partial charge in [-0.2, -0.15) is 0 Å². The van der Waals surface area contributed by atoms with E-state index in [0.29, 0.717) is 17.2 Å². The Morgan fingerprint density at radius 1 is 1.00 bits per heavy atom. The van der Waals surface area contributed by atoms with Crippen molar-refractivity contribution in [1.29, 1.82) is 0 Å². The second-order valence-corrected chi connectivity index (χ2v) is 7.93. The smallest absolute Gasteiger partial charge is 0.265 e. The van der Waals surface area contributed by atoms with Crippen LogP contribution in [0, 0.1) is 18.6 Å². The van der Waals surface area contributed by atoms with Gasteiger partial charge in [0, 0.05) is 11.6 Å². The number of rotatable bonds is 4. The Labute approximate surface area is 160 Å². The van der Waals surface area contributed by atoms with Crippen molar-refractivity contribution in [3.63, 3.8) is 0 Å². The standard InChI is InChI=1S/C19H14ClF2NO3S/c1-11-7-14(20)19(24)18(8-11)27(25,26)23-17-9-13(15(21)10-16(17)22)12-5-3-2-4-6-12/h2-10,23-24H,1H3. The van der Waals surface area contributed by atoms with E-state index in [4.69, 9.17) is 11.6 Å². The minimum absolute atomic E-state index is 0.0289. The van der Waals surface area contributed by atoms with Crippen molar-refractivity contribution in [3.05, 3.63) is 76.8 Å². The van der Waals surface area contributed by atoms with E-state index >= 15 is 0 Å². The number of aryl methyl sites for hydroxylation is 1. The van der Waals surface area contributed by atoms with Crippen LogP contribution in [-0.2, 0) is 10.0 Å². The highest BCUT2D eigenvalue weighted by atomic mass is 35.5. The monoisotopic (exact) mass is 409 g/mol. The number of anilines is 1. The molecule has 0 bridgehead atoms. The molecule has 3 rings (SSSR count). The molecule has 4 nitrogen and oxygen atoms in total. The van der Waals surface area contributed by atoms with Crippen molar-refractivity contribution in [3.8, 4) is 16.9 Å². The van der Waals surface area contributed by atoms with Gasteiger partial charge in [0.2, 0.25) is 0 Å². The molecule has 0 atom stereocenters. The van der Waals surface area contributed by atoms with Crippen LogP contribution in [0.25, 0.3) is 11.1 Å². The van der Waals surface area contributed by atoms with Crippen molar-refractivity contribution in [1.82, 2.24) is 0 Å². The van der Waals surface area contributed by atoms with Crippen molar-refractivity contribution < 1.29 is 22.3 Å². The third-order valence-corrected chi connectivity index (χ3v) is 5.52. The molecule has 2 N–H and O–H groups in total. The Morgan fingerprint density at radius 3 is 2.33 bits per heavy atom. The van der Waals surface area contributed by atoms with Crippen LogP contribution < -0.4 is 4.72 Å². The van der Waals surface area contributed by atoms with Crippen LogP contribution in [0.15, 0.2) is 59.5 Å². The van der Waals surface area contributed by atoms with E-state index in [9.17, 15) is 22.3 Å². The molecular formula is C19H14ClF2NO3S. The molecule has 3 aromatic rings. The van der Waals surface area contributed by atoms with Crippen LogP contribution in [0.1, 0.15) is 5.56 Å². The first kappa shape index (κ1) is 19.1. The number of aromatic hydroxyl groups is 1. The summed E-state index contributed by atoms with van der Waals surface area (Å²) in [4.78, 5) is -0.502. The summed E-state index contributed by atoms with van der Waals surface area (Å²) in [5.74, 6) is -2.57. The van der Waals surface area contributed by atoms with E-state index in [0.717, 1.165) is 6.07 Å². The Kier molecular flexibility index (Phi) is 5.08. The fraction of sp³-hybridized carbons (Fsp3) is 0.0526. The summed E-state index contributed by atoms with van der Waals surface area (Å²) in [7, 11) is -4.37. The highest BCUT2D eigenvalue weighted by molar-refractivity contribution is 7.92. The SMILES string of the molecule is Cc1cc(Cl)c(O)c(S(=O)(=O)Nc2cc(-c3ccccc3)c(F)cc2F)c1. The molecule has 140 valence electrons. The molecule has 0 aliphatic heterocycles. The van der Waals surface area contributed by atoms with E-state index in [1.165, 1.54) is 12.1 Å². The summed E-state index contributed by atoms with van der Waals surface area (Å²) in [6.07, 6.45) is 0. The zero-order chi connectivity index (χ0) is 19.8. The molecule has 0 heterocycles. The summed E-state index contributed by atoms with van der Waals surface area (Å²) in [6, 6.07) is 12.6. The zero-order valence-corrected chi connectivity index (χ0v) is 15.6. The molecule has 0 amide bonds. The van der Waals surface area contributed by atoms with Gasteiger partial charge in [0.25, 0.3) is 10.0 Å². The van der Waals surface area contributed by atoms with Crippen LogP contribution in [0.2, 0.25) is 5.02 Å². The van der Waals surface area contributed by atoms with Gasteiger partial charge in [0.15, 0.2) is 5.75 Å². The van der Waals surface area contributed by atoms with Crippen molar-refractivity contribution in [2.24, 2.45) is 0 Å². The largest absolute Gasteiger partial charge is 0.505 e. The molecule has 0 fully saturated rings. The normalized spacial score (nSPS) is 11.4. The quantitative estimate of drug-likeness (QED) is 0.630. The Hall–Kier alpha value is -2.64. The molecule has 0 radical (unpaired) electrons. The van der Waals surface area contributed by atoms with Gasteiger partial charge in [-0.1, -0.05) is 41.9 Å². The molecule has 8 heteroatoms. The van der Waals surface area contributed by atoms with Crippen LogP contribution in [-0.4, -0.2) is 13.5 Å². The molecule has 27 heavy (non-hydrogen) atoms. The minimum Gasteiger partial charge on any atom is -0.505 e. The molecule has 0 aliphatic rings. The Morgan fingerprint density at radius 2 is 1.67 bits per heavy atom. The average Bonchev–Trinajstić information content (AvgIpc) is 2.61. The van der Waals surface area contributed by atoms with Gasteiger partial charge in [0.1, 0.15) is 16.5 Å². The Balaban J connectivity index is 2.08. The van der Waals surface area contributed by atoms with Gasteiger partial charge in [-0.05, 0) is 36.2 Å². The maximum Gasteiger partial charge on any atom is 0.265 e. The van der Waals surface area contributed by atoms with Gasteiger partial charge in [-0.3, -0.25) is 4.72 Å². The van der Waals surface area contributed by atoms with Crippen LogP contribution in [0.3, 0.4) is 0 Å². The molecule has 0 saturated carbocycles. The molecule has 0 unspecified atom stereocenters. The lowest BCUT2D eigenvalue weighted by molar-refractivity contribution is 0.459. The van der Waals surface area contributed by atoms with Gasteiger partial charge in [-0.15, -0.1) is 0 Å². The molecule has 0 saturated heterocycles. The highest BCUT2D eigenvalue weighted by Gasteiger charge is 2.23. The van der Waals surface area contributed by atoms with E-state index in [2.05, 4.69) is 0 Å². The van der Waals surface area contributed by atoms with Crippen molar-refractivity contribution in [2.75, 3.05) is 4.72 Å². The first-order valence-corrected chi connectivity index (χ1v) is 9.61. The first-order chi connectivity index (χ1) is 12.7. The zero-order valence-electron chi connectivity index (χ0n) is 14.0. The van der Waals surface area contributed by atoms with E-state index < -0.39 is 38.0 Å². The second-order valence-electron chi connectivity index (χ2n) is 5.88. The molecule has 0 aliphatic carbocycles. The van der Waals surface area contributed by atoms with Crippen LogP contribution in [0.4, 0.5) is 14.5 Å². The van der Waals surface area contributed by atoms with Gasteiger partial charge < -0.3 is 5.11 Å². The number of hydrogen-bond acceptors (Lipinski definition) is 3. The molecule has 0 aromatic heterocycles. The molecule has 3 aromatic carbocycles. The highest BCUT2D eigenvalue weighted by Crippen LogP contribution is 2.34. The van der Waals surface area contributed by atoms with Crippen LogP contribution >= 0.6 is 11.6 Å². The lowest BCUT2D eigenvalue weighted by Gasteiger charge is -2.13. The predicted octanol–water partition coefficient (Wildman–Crippen LogP) is 5.10. The molecule has 0 spiro atoms. The number of hydrogen-bond donors (Lipinski definition) is 2. The van der Waals surface area contributed by atoms with Crippen molar-refractivity contribution >= 4 is 27.3 Å². The Bertz CT molecular complexity index is 1120. The number of halogens is 3. The fourth-order valence-corrected chi connectivity index (χ4v) is 4.16. The lowest BCUT2D eigenvalue weighted by atomic mass is 10.0. The summed E-state index contributed by atoms with van der Waals surface area (Å²) < 4.78 is 55.7. The van der Waals surface area contributed by atoms with Gasteiger partial charge in [0.05, 0.1) is 10.7 Å². The number of phenolic OH excluding ortho intramolecular Hbond substituents is 1. The maximum absolute atomic E-state index is 14.2. The van der Waals surface area contributed by atoms with Crippen molar-refractivity contribution in [2.45, 2.75) is 11.8 Å². The van der Waals surface area contributed by atoms with Gasteiger partial charge >= 0.3 is 0 Å². The van der Waals surface area contributed by atoms with E-state index in [-0.39, 0.29) is 10.6 Å². The topological polar surface area (TPSA) is 66.4 Å². The summed E-state index contributed by atoms with van der Waals surface area (Å²) >= 11 is 5.82. The summed E-state index contributed by atoms with van der Waals surface area (Å²) in [5, 5.41) is 9.82. The number of phenols is 1. The molecular weight excluding hydrogens is 396 g/mol. The number of benzene rings is 3. The maximum atomic E-state index is 14.2. The van der Waals surface area contributed by atoms with Crippen LogP contribution in [0.5, 0.6) is 5.75 Å². The average molecular weight is 410 g/mol. The number of sulfonamides is 1. The second kappa shape index (κ2) is 7.17. The van der Waals surface area contributed by atoms with E-state index in [1.54, 1.807) is 37.3 Å². The third kappa shape index (κ3) is 3.89. The number of nitrogens with one attached hydrogen (secondary N) is 1. The van der Waals surface area contributed by atoms with Gasteiger partial charge in [-0.25, -0.2) is 17.2 Å². The summed E-state index contributed by atoms with van der Waals surface area (Å²) in [5.41, 5.74) is 0.521. The third-order valence-electron chi connectivity index (χ3n) is 3.85. The van der Waals surface area contributed by atoms with E-state index in [1.807, 2.05) is 4.72 Å². The predicted molar refractivity (Wildman–Crippen MR) is 100 cm³/mol. The fourth-order valence-electron chi connectivity index (χ4n) is 2.57. The summed E-state index contributed by atoms with van der Waals surface area (Å²) in [6.45, 7) is 1.59. The first-order valence-electron chi connectivity index (χ1n) is 7.75. The minimum atomic E-state index is -4.37.